The molecule has 1 aromatic carbocycles. The molecule has 1 atom stereocenters. The van der Waals surface area contributed by atoms with E-state index in [1.807, 2.05) is 24.3 Å². The van der Waals surface area contributed by atoms with Gasteiger partial charge in [0, 0.05) is 12.6 Å². The maximum absolute atomic E-state index is 12.3. The van der Waals surface area contributed by atoms with Crippen molar-refractivity contribution in [1.82, 2.24) is 4.90 Å². The average Bonchev–Trinajstić information content (AvgIpc) is 2.87. The number of aliphatic carboxylic acids is 1. The summed E-state index contributed by atoms with van der Waals surface area (Å²) in [5.41, 5.74) is 2.25. The van der Waals surface area contributed by atoms with Gasteiger partial charge < -0.3 is 10.0 Å². The number of rotatable bonds is 5. The summed E-state index contributed by atoms with van der Waals surface area (Å²) in [6.07, 6.45) is 3.10. The normalized spacial score (nSPS) is 18.2. The molecule has 0 aliphatic carbocycles. The molecule has 2 rings (SSSR count). The first kappa shape index (κ1) is 14.6. The summed E-state index contributed by atoms with van der Waals surface area (Å²) in [7, 11) is 0. The molecule has 0 saturated carbocycles. The number of likely N-dealkylation sites (tertiary alicyclic amines) is 1. The number of amides is 1. The lowest BCUT2D eigenvalue weighted by Crippen LogP contribution is -2.37. The fraction of sp³-hybridized carbons (Fsp3) is 0.500. The van der Waals surface area contributed by atoms with Gasteiger partial charge in [0.2, 0.25) is 5.91 Å². The SMILES string of the molecule is CCc1ccc(CC(=O)N2CCCC2CC(=O)O)cc1. The Morgan fingerprint density at radius 3 is 2.50 bits per heavy atom. The predicted octanol–water partition coefficient (Wildman–Crippen LogP) is 2.26. The number of nitrogens with zero attached hydrogens (tertiary/aromatic N) is 1. The topological polar surface area (TPSA) is 57.6 Å². The zero-order valence-electron chi connectivity index (χ0n) is 11.8. The Morgan fingerprint density at radius 2 is 1.90 bits per heavy atom. The number of carboxylic acid groups (broad SMARTS) is 1. The van der Waals surface area contributed by atoms with Gasteiger partial charge in [-0.15, -0.1) is 0 Å². The molecule has 1 fully saturated rings. The van der Waals surface area contributed by atoms with Crippen LogP contribution in [0.15, 0.2) is 24.3 Å². The third-order valence-corrected chi connectivity index (χ3v) is 3.89. The van der Waals surface area contributed by atoms with Crippen molar-refractivity contribution in [2.75, 3.05) is 6.54 Å². The highest BCUT2D eigenvalue weighted by molar-refractivity contribution is 5.80. The fourth-order valence-corrected chi connectivity index (χ4v) is 2.75. The summed E-state index contributed by atoms with van der Waals surface area (Å²) in [6, 6.07) is 7.93. The van der Waals surface area contributed by atoms with E-state index >= 15 is 0 Å². The largest absolute Gasteiger partial charge is 0.481 e. The van der Waals surface area contributed by atoms with Crippen molar-refractivity contribution in [3.63, 3.8) is 0 Å². The zero-order valence-corrected chi connectivity index (χ0v) is 11.8. The predicted molar refractivity (Wildman–Crippen MR) is 76.5 cm³/mol. The van der Waals surface area contributed by atoms with E-state index < -0.39 is 5.97 Å². The minimum absolute atomic E-state index is 0.0398. The van der Waals surface area contributed by atoms with Crippen LogP contribution < -0.4 is 0 Å². The number of hydrogen-bond acceptors (Lipinski definition) is 2. The molecule has 0 aromatic heterocycles. The molecule has 1 aliphatic heterocycles. The van der Waals surface area contributed by atoms with E-state index in [9.17, 15) is 9.59 Å². The van der Waals surface area contributed by atoms with E-state index in [-0.39, 0.29) is 18.4 Å². The third-order valence-electron chi connectivity index (χ3n) is 3.89. The number of carbonyl (C=O) groups excluding carboxylic acids is 1. The highest BCUT2D eigenvalue weighted by Crippen LogP contribution is 2.21. The number of carboxylic acids is 1. The molecule has 1 aliphatic rings. The average molecular weight is 275 g/mol. The van der Waals surface area contributed by atoms with E-state index in [0.29, 0.717) is 13.0 Å². The molecule has 0 spiro atoms. The van der Waals surface area contributed by atoms with Gasteiger partial charge in [-0.05, 0) is 30.4 Å². The molecule has 1 amide bonds. The highest BCUT2D eigenvalue weighted by Gasteiger charge is 2.30. The van der Waals surface area contributed by atoms with Gasteiger partial charge in [-0.25, -0.2) is 0 Å². The van der Waals surface area contributed by atoms with Crippen molar-refractivity contribution in [2.45, 2.75) is 45.1 Å². The lowest BCUT2D eigenvalue weighted by Gasteiger charge is -2.23. The Hall–Kier alpha value is -1.84. The van der Waals surface area contributed by atoms with Crippen molar-refractivity contribution in [1.29, 1.82) is 0 Å². The van der Waals surface area contributed by atoms with E-state index in [4.69, 9.17) is 5.11 Å². The lowest BCUT2D eigenvalue weighted by molar-refractivity contribution is -0.139. The van der Waals surface area contributed by atoms with E-state index in [2.05, 4.69) is 6.92 Å². The summed E-state index contributed by atoms with van der Waals surface area (Å²) in [5.74, 6) is -0.792. The van der Waals surface area contributed by atoms with E-state index in [1.165, 1.54) is 5.56 Å². The summed E-state index contributed by atoms with van der Waals surface area (Å²) >= 11 is 0. The van der Waals surface area contributed by atoms with Crippen LogP contribution >= 0.6 is 0 Å². The second kappa shape index (κ2) is 6.55. The summed E-state index contributed by atoms with van der Waals surface area (Å²) < 4.78 is 0. The summed E-state index contributed by atoms with van der Waals surface area (Å²) in [5, 5.41) is 8.88. The Bertz CT molecular complexity index is 481. The molecule has 1 N–H and O–H groups in total. The molecule has 4 nitrogen and oxygen atoms in total. The third kappa shape index (κ3) is 3.59. The number of carbonyl (C=O) groups is 2. The van der Waals surface area contributed by atoms with Crippen molar-refractivity contribution in [3.05, 3.63) is 35.4 Å². The number of hydrogen-bond donors (Lipinski definition) is 1. The van der Waals surface area contributed by atoms with Crippen LogP contribution in [0.5, 0.6) is 0 Å². The van der Waals surface area contributed by atoms with Gasteiger partial charge >= 0.3 is 5.97 Å². The van der Waals surface area contributed by atoms with Gasteiger partial charge in [0.25, 0.3) is 0 Å². The van der Waals surface area contributed by atoms with Crippen LogP contribution in [0, 0.1) is 0 Å². The molecule has 20 heavy (non-hydrogen) atoms. The van der Waals surface area contributed by atoms with Crippen LogP contribution in [0.1, 0.15) is 37.3 Å². The molecular formula is C16H21NO3. The van der Waals surface area contributed by atoms with Crippen LogP contribution in [0.4, 0.5) is 0 Å². The van der Waals surface area contributed by atoms with Gasteiger partial charge in [0.05, 0.1) is 12.8 Å². The smallest absolute Gasteiger partial charge is 0.305 e. The second-order valence-corrected chi connectivity index (χ2v) is 5.33. The van der Waals surface area contributed by atoms with Crippen molar-refractivity contribution in [2.24, 2.45) is 0 Å². The van der Waals surface area contributed by atoms with Gasteiger partial charge in [0.1, 0.15) is 0 Å². The first-order valence-corrected chi connectivity index (χ1v) is 7.19. The Balaban J connectivity index is 1.97. The highest BCUT2D eigenvalue weighted by atomic mass is 16.4. The molecule has 108 valence electrons. The first-order chi connectivity index (χ1) is 9.60. The summed E-state index contributed by atoms with van der Waals surface area (Å²) in [4.78, 5) is 24.8. The molecular weight excluding hydrogens is 254 g/mol. The minimum atomic E-state index is -0.831. The van der Waals surface area contributed by atoms with E-state index in [0.717, 1.165) is 24.8 Å². The summed E-state index contributed by atoms with van der Waals surface area (Å²) in [6.45, 7) is 2.78. The molecule has 1 heterocycles. The van der Waals surface area contributed by atoms with Crippen molar-refractivity contribution < 1.29 is 14.7 Å². The van der Waals surface area contributed by atoms with Crippen LogP contribution in [0.25, 0.3) is 0 Å². The van der Waals surface area contributed by atoms with Crippen LogP contribution in [0.3, 0.4) is 0 Å². The standard InChI is InChI=1S/C16H21NO3/c1-2-12-5-7-13(8-6-12)10-15(18)17-9-3-4-14(17)11-16(19)20/h5-8,14H,2-4,9-11H2,1H3,(H,19,20). The Labute approximate surface area is 119 Å². The lowest BCUT2D eigenvalue weighted by atomic mass is 10.1. The molecule has 1 aromatic rings. The fourth-order valence-electron chi connectivity index (χ4n) is 2.75. The second-order valence-electron chi connectivity index (χ2n) is 5.33. The van der Waals surface area contributed by atoms with Gasteiger partial charge in [0.15, 0.2) is 0 Å². The van der Waals surface area contributed by atoms with Gasteiger partial charge in [-0.3, -0.25) is 9.59 Å². The minimum Gasteiger partial charge on any atom is -0.481 e. The van der Waals surface area contributed by atoms with Crippen molar-refractivity contribution in [3.8, 4) is 0 Å². The van der Waals surface area contributed by atoms with Crippen LogP contribution in [-0.4, -0.2) is 34.5 Å². The molecule has 1 saturated heterocycles. The quantitative estimate of drug-likeness (QED) is 0.896. The molecule has 0 radical (unpaired) electrons. The maximum atomic E-state index is 12.3. The van der Waals surface area contributed by atoms with E-state index in [1.54, 1.807) is 4.90 Å². The molecule has 4 heteroatoms. The Morgan fingerprint density at radius 1 is 1.25 bits per heavy atom. The number of aryl methyl sites for hydroxylation is 1. The van der Waals surface area contributed by atoms with Crippen LogP contribution in [-0.2, 0) is 22.4 Å². The molecule has 0 bridgehead atoms. The first-order valence-electron chi connectivity index (χ1n) is 7.19. The monoisotopic (exact) mass is 275 g/mol. The maximum Gasteiger partial charge on any atom is 0.305 e. The molecule has 1 unspecified atom stereocenters. The van der Waals surface area contributed by atoms with Crippen LogP contribution in [0.2, 0.25) is 0 Å². The number of benzene rings is 1. The Kier molecular flexibility index (Phi) is 4.77. The van der Waals surface area contributed by atoms with Gasteiger partial charge in [-0.1, -0.05) is 31.2 Å². The van der Waals surface area contributed by atoms with Crippen molar-refractivity contribution >= 4 is 11.9 Å². The van der Waals surface area contributed by atoms with Gasteiger partial charge in [-0.2, -0.15) is 0 Å². The zero-order chi connectivity index (χ0) is 14.5.